The van der Waals surface area contributed by atoms with Crippen molar-refractivity contribution >= 4 is 18.2 Å². The van der Waals surface area contributed by atoms with Crippen molar-refractivity contribution in [3.63, 3.8) is 0 Å². The molecule has 0 N–H and O–H groups in total. The van der Waals surface area contributed by atoms with Crippen LogP contribution in [0.25, 0.3) is 0 Å². The van der Waals surface area contributed by atoms with Crippen LogP contribution in [0.1, 0.15) is 74.8 Å². The lowest BCUT2D eigenvalue weighted by atomic mass is 9.92. The highest BCUT2D eigenvalue weighted by molar-refractivity contribution is 5.42. The standard InChI is InChI=1S/C18H21N3O3/c1-4-16(19-10-22)13-7-14(17(5-2)20-11-23)9-15(8-13)18(6-3)21-12-24/h7-9,16-18H,4-6H2,1-3H3. The summed E-state index contributed by atoms with van der Waals surface area (Å²) in [5.41, 5.74) is 2.44. The molecule has 0 radical (unpaired) electrons. The lowest BCUT2D eigenvalue weighted by molar-refractivity contribution is 0.554. The van der Waals surface area contributed by atoms with E-state index < -0.39 is 0 Å². The minimum absolute atomic E-state index is 0.336. The predicted molar refractivity (Wildman–Crippen MR) is 89.9 cm³/mol. The largest absolute Gasteiger partial charge is 0.235 e. The van der Waals surface area contributed by atoms with Gasteiger partial charge in [0.05, 0.1) is 18.1 Å². The summed E-state index contributed by atoms with van der Waals surface area (Å²) in [6.45, 7) is 5.75. The topological polar surface area (TPSA) is 88.3 Å². The summed E-state index contributed by atoms with van der Waals surface area (Å²) in [7, 11) is 0. The van der Waals surface area contributed by atoms with Crippen LogP contribution in [0.15, 0.2) is 33.2 Å². The van der Waals surface area contributed by atoms with E-state index in [0.717, 1.165) is 16.7 Å². The predicted octanol–water partition coefficient (Wildman–Crippen LogP) is 4.05. The van der Waals surface area contributed by atoms with Crippen molar-refractivity contribution in [1.29, 1.82) is 0 Å². The zero-order valence-electron chi connectivity index (χ0n) is 14.2. The first kappa shape index (κ1) is 19.4. The lowest BCUT2D eigenvalue weighted by Gasteiger charge is -2.18. The summed E-state index contributed by atoms with van der Waals surface area (Å²) in [6.07, 6.45) is 6.66. The van der Waals surface area contributed by atoms with Crippen molar-refractivity contribution < 1.29 is 14.4 Å². The van der Waals surface area contributed by atoms with E-state index in [1.54, 1.807) is 18.2 Å². The van der Waals surface area contributed by atoms with Gasteiger partial charge in [-0.15, -0.1) is 0 Å². The van der Waals surface area contributed by atoms with Gasteiger partial charge < -0.3 is 0 Å². The molecule has 3 atom stereocenters. The normalized spacial score (nSPS) is 13.6. The summed E-state index contributed by atoms with van der Waals surface area (Å²) < 4.78 is 0. The fraction of sp³-hybridized carbons (Fsp3) is 0.500. The van der Waals surface area contributed by atoms with E-state index in [1.165, 1.54) is 0 Å². The highest BCUT2D eigenvalue weighted by atomic mass is 16.1. The van der Waals surface area contributed by atoms with E-state index in [0.29, 0.717) is 19.3 Å². The van der Waals surface area contributed by atoms with E-state index in [4.69, 9.17) is 0 Å². The molecule has 1 aromatic carbocycles. The third kappa shape index (κ3) is 4.94. The molecule has 0 aromatic heterocycles. The molecule has 6 heteroatoms. The monoisotopic (exact) mass is 327 g/mol. The maximum Gasteiger partial charge on any atom is 0.235 e. The van der Waals surface area contributed by atoms with Crippen LogP contribution in [0, 0.1) is 0 Å². The summed E-state index contributed by atoms with van der Waals surface area (Å²) in [5.74, 6) is 0. The Hall–Kier alpha value is -2.64. The summed E-state index contributed by atoms with van der Waals surface area (Å²) in [4.78, 5) is 43.5. The van der Waals surface area contributed by atoms with Gasteiger partial charge in [-0.1, -0.05) is 39.0 Å². The minimum atomic E-state index is -0.336. The molecule has 0 amide bonds. The Morgan fingerprint density at radius 1 is 0.667 bits per heavy atom. The number of hydrogen-bond acceptors (Lipinski definition) is 6. The Kier molecular flexibility index (Phi) is 8.24. The Morgan fingerprint density at radius 2 is 0.917 bits per heavy atom. The van der Waals surface area contributed by atoms with Gasteiger partial charge in [0.1, 0.15) is 0 Å². The molecule has 6 nitrogen and oxygen atoms in total. The molecular weight excluding hydrogens is 306 g/mol. The number of nitrogens with zero attached hydrogens (tertiary/aromatic N) is 3. The number of aliphatic imine (C=N–C) groups is 3. The molecule has 1 rings (SSSR count). The Balaban J connectivity index is 3.55. The molecule has 1 aromatic rings. The van der Waals surface area contributed by atoms with E-state index in [1.807, 2.05) is 39.0 Å². The fourth-order valence-electron chi connectivity index (χ4n) is 2.67. The van der Waals surface area contributed by atoms with Crippen LogP contribution >= 0.6 is 0 Å². The zero-order chi connectivity index (χ0) is 17.9. The number of benzene rings is 1. The molecule has 126 valence electrons. The average Bonchev–Trinajstić information content (AvgIpc) is 2.61. The number of hydrogen-bond donors (Lipinski definition) is 0. The molecule has 3 unspecified atom stereocenters. The second-order valence-corrected chi connectivity index (χ2v) is 5.37. The lowest BCUT2D eigenvalue weighted by Crippen LogP contribution is -2.04. The summed E-state index contributed by atoms with van der Waals surface area (Å²) in [5, 5.41) is 0. The van der Waals surface area contributed by atoms with Gasteiger partial charge in [0, 0.05) is 0 Å². The molecule has 0 aliphatic heterocycles. The van der Waals surface area contributed by atoms with Crippen molar-refractivity contribution in [3.05, 3.63) is 34.9 Å². The molecule has 0 heterocycles. The summed E-state index contributed by atoms with van der Waals surface area (Å²) >= 11 is 0. The van der Waals surface area contributed by atoms with Crippen LogP contribution in [0.4, 0.5) is 0 Å². The van der Waals surface area contributed by atoms with Crippen molar-refractivity contribution in [2.24, 2.45) is 15.0 Å². The van der Waals surface area contributed by atoms with Gasteiger partial charge in [0.15, 0.2) is 0 Å². The second kappa shape index (κ2) is 10.2. The van der Waals surface area contributed by atoms with Gasteiger partial charge in [-0.25, -0.2) is 14.4 Å². The van der Waals surface area contributed by atoms with Crippen molar-refractivity contribution in [2.45, 2.75) is 58.2 Å². The van der Waals surface area contributed by atoms with E-state index in [-0.39, 0.29) is 18.1 Å². The average molecular weight is 327 g/mol. The van der Waals surface area contributed by atoms with Crippen LogP contribution in [0.3, 0.4) is 0 Å². The van der Waals surface area contributed by atoms with Crippen LogP contribution < -0.4 is 0 Å². The number of carbonyl (C=O) groups excluding carboxylic acids is 3. The molecule has 24 heavy (non-hydrogen) atoms. The highest BCUT2D eigenvalue weighted by Gasteiger charge is 2.18. The van der Waals surface area contributed by atoms with E-state index >= 15 is 0 Å². The number of rotatable bonds is 9. The maximum absolute atomic E-state index is 10.7. The Labute approximate surface area is 141 Å². The highest BCUT2D eigenvalue weighted by Crippen LogP contribution is 2.32. The molecule has 0 saturated heterocycles. The first-order chi connectivity index (χ1) is 11.6. The van der Waals surface area contributed by atoms with Crippen molar-refractivity contribution in [2.75, 3.05) is 0 Å². The molecule has 0 bridgehead atoms. The van der Waals surface area contributed by atoms with Gasteiger partial charge in [-0.05, 0) is 36.0 Å². The molecule has 0 fully saturated rings. The maximum atomic E-state index is 10.7. The third-order valence-electron chi connectivity index (χ3n) is 3.94. The minimum Gasteiger partial charge on any atom is -0.211 e. The molecular formula is C18H21N3O3. The SMILES string of the molecule is CCC(N=C=O)c1cc(C(CC)N=C=O)cc(C(CC)N=C=O)c1. The molecule has 0 aliphatic rings. The third-order valence-corrected chi connectivity index (χ3v) is 3.94. The quantitative estimate of drug-likeness (QED) is 0.506. The van der Waals surface area contributed by atoms with Crippen molar-refractivity contribution in [1.82, 2.24) is 0 Å². The Morgan fingerprint density at radius 3 is 1.08 bits per heavy atom. The van der Waals surface area contributed by atoms with E-state index in [2.05, 4.69) is 15.0 Å². The first-order valence-corrected chi connectivity index (χ1v) is 8.00. The van der Waals surface area contributed by atoms with Crippen LogP contribution in [0.5, 0.6) is 0 Å². The fourth-order valence-corrected chi connectivity index (χ4v) is 2.67. The van der Waals surface area contributed by atoms with Gasteiger partial charge in [0.2, 0.25) is 18.2 Å². The van der Waals surface area contributed by atoms with Gasteiger partial charge in [-0.3, -0.25) is 0 Å². The Bertz CT molecular complexity index is 590. The van der Waals surface area contributed by atoms with Crippen LogP contribution in [-0.2, 0) is 14.4 Å². The van der Waals surface area contributed by atoms with E-state index in [9.17, 15) is 14.4 Å². The number of isocyanates is 3. The van der Waals surface area contributed by atoms with Gasteiger partial charge in [0.25, 0.3) is 0 Å². The van der Waals surface area contributed by atoms with Gasteiger partial charge in [-0.2, -0.15) is 15.0 Å². The summed E-state index contributed by atoms with van der Waals surface area (Å²) in [6, 6.07) is 4.63. The first-order valence-electron chi connectivity index (χ1n) is 8.00. The molecule has 0 aliphatic carbocycles. The zero-order valence-corrected chi connectivity index (χ0v) is 14.2. The van der Waals surface area contributed by atoms with Gasteiger partial charge >= 0.3 is 0 Å². The van der Waals surface area contributed by atoms with Crippen LogP contribution in [0.2, 0.25) is 0 Å². The second-order valence-electron chi connectivity index (χ2n) is 5.37. The van der Waals surface area contributed by atoms with Crippen molar-refractivity contribution in [3.8, 4) is 0 Å². The molecule has 0 spiro atoms. The smallest absolute Gasteiger partial charge is 0.211 e. The molecule has 0 saturated carbocycles. The van der Waals surface area contributed by atoms with Crippen LogP contribution in [-0.4, -0.2) is 18.2 Å².